The average Bonchev–Trinajstić information content (AvgIpc) is 1.95. The molecule has 0 heteroatoms. The Morgan fingerprint density at radius 3 is 2.45 bits per heavy atom. The third-order valence-electron chi connectivity index (χ3n) is 1.77. The smallest absolute Gasteiger partial charge is 0.0230 e. The van der Waals surface area contributed by atoms with Gasteiger partial charge in [-0.1, -0.05) is 35.9 Å². The molecule has 0 bridgehead atoms. The first-order valence-electron chi connectivity index (χ1n) is 3.94. The van der Waals surface area contributed by atoms with Gasteiger partial charge in [0.1, 0.15) is 0 Å². The summed E-state index contributed by atoms with van der Waals surface area (Å²) in [6, 6.07) is 6.50. The molecule has 1 rings (SSSR count). The molecule has 0 radical (unpaired) electrons. The second-order valence-electron chi connectivity index (χ2n) is 2.86. The van der Waals surface area contributed by atoms with Gasteiger partial charge in [0.2, 0.25) is 0 Å². The fourth-order valence-corrected chi connectivity index (χ4v) is 1.19. The molecule has 0 aliphatic rings. The molecule has 58 valence electrons. The van der Waals surface area contributed by atoms with Crippen molar-refractivity contribution < 1.29 is 0 Å². The summed E-state index contributed by atoms with van der Waals surface area (Å²) in [4.78, 5) is 0. The molecule has 0 nitrogen and oxygen atoms in total. The van der Waals surface area contributed by atoms with Crippen molar-refractivity contribution in [1.82, 2.24) is 0 Å². The van der Waals surface area contributed by atoms with Gasteiger partial charge in [-0.3, -0.25) is 0 Å². The van der Waals surface area contributed by atoms with Crippen molar-refractivity contribution >= 4 is 6.08 Å². The molecule has 0 amide bonds. The van der Waals surface area contributed by atoms with Crippen LogP contribution in [0.3, 0.4) is 0 Å². The molecule has 0 atom stereocenters. The first-order chi connectivity index (χ1) is 5.24. The van der Waals surface area contributed by atoms with Crippen molar-refractivity contribution in [3.05, 3.63) is 41.0 Å². The van der Waals surface area contributed by atoms with E-state index in [0.717, 1.165) is 0 Å². The van der Waals surface area contributed by atoms with Gasteiger partial charge >= 0.3 is 0 Å². The monoisotopic (exact) mass is 146 g/mol. The topological polar surface area (TPSA) is 0 Å². The van der Waals surface area contributed by atoms with Crippen molar-refractivity contribution in [1.29, 1.82) is 0 Å². The maximum atomic E-state index is 2.20. The first-order valence-corrected chi connectivity index (χ1v) is 3.94. The van der Waals surface area contributed by atoms with E-state index in [1.807, 2.05) is 6.92 Å². The number of rotatable bonds is 1. The molecule has 0 aliphatic heterocycles. The highest BCUT2D eigenvalue weighted by Crippen LogP contribution is 2.11. The van der Waals surface area contributed by atoms with Crippen molar-refractivity contribution in [2.75, 3.05) is 0 Å². The van der Waals surface area contributed by atoms with E-state index in [1.165, 1.54) is 16.7 Å². The summed E-state index contributed by atoms with van der Waals surface area (Å²) in [6.45, 7) is 6.30. The van der Waals surface area contributed by atoms with Crippen LogP contribution >= 0.6 is 0 Å². The highest BCUT2D eigenvalue weighted by atomic mass is 14.0. The number of allylic oxidation sites excluding steroid dienone is 1. The van der Waals surface area contributed by atoms with Gasteiger partial charge in [-0.25, -0.2) is 0 Å². The second-order valence-corrected chi connectivity index (χ2v) is 2.86. The normalized spacial score (nSPS) is 10.8. The van der Waals surface area contributed by atoms with Crippen LogP contribution in [0.4, 0.5) is 0 Å². The van der Waals surface area contributed by atoms with Crippen LogP contribution in [0.25, 0.3) is 6.08 Å². The van der Waals surface area contributed by atoms with Crippen molar-refractivity contribution in [2.45, 2.75) is 20.8 Å². The molecular weight excluding hydrogens is 132 g/mol. The quantitative estimate of drug-likeness (QED) is 0.570. The molecule has 0 N–H and O–H groups in total. The van der Waals surface area contributed by atoms with Crippen LogP contribution in [0, 0.1) is 13.8 Å². The molecular formula is C11H14. The summed E-state index contributed by atoms with van der Waals surface area (Å²) < 4.78 is 0. The van der Waals surface area contributed by atoms with Crippen LogP contribution in [0.2, 0.25) is 0 Å². The van der Waals surface area contributed by atoms with Crippen LogP contribution in [0.5, 0.6) is 0 Å². The lowest BCUT2D eigenvalue weighted by Crippen LogP contribution is -1.80. The fourth-order valence-electron chi connectivity index (χ4n) is 1.19. The Morgan fingerprint density at radius 2 is 1.91 bits per heavy atom. The summed E-state index contributed by atoms with van der Waals surface area (Å²) >= 11 is 0. The minimum atomic E-state index is 1.32. The van der Waals surface area contributed by atoms with Crippen molar-refractivity contribution in [3.63, 3.8) is 0 Å². The molecule has 11 heavy (non-hydrogen) atoms. The van der Waals surface area contributed by atoms with Gasteiger partial charge in [0.05, 0.1) is 0 Å². The second kappa shape index (κ2) is 3.38. The maximum absolute atomic E-state index is 2.20. The Labute approximate surface area is 68.6 Å². The van der Waals surface area contributed by atoms with E-state index >= 15 is 0 Å². The summed E-state index contributed by atoms with van der Waals surface area (Å²) in [5.41, 5.74) is 4.00. The number of aryl methyl sites for hydroxylation is 2. The van der Waals surface area contributed by atoms with Crippen LogP contribution in [-0.4, -0.2) is 0 Å². The Morgan fingerprint density at radius 1 is 1.18 bits per heavy atom. The number of hydrogen-bond donors (Lipinski definition) is 0. The van der Waals surface area contributed by atoms with E-state index in [4.69, 9.17) is 0 Å². The molecule has 1 aromatic carbocycles. The maximum Gasteiger partial charge on any atom is -0.0230 e. The largest absolute Gasteiger partial charge is 0.0871 e. The molecule has 0 saturated carbocycles. The van der Waals surface area contributed by atoms with Crippen LogP contribution < -0.4 is 0 Å². The molecule has 1 aromatic rings. The van der Waals surface area contributed by atoms with Gasteiger partial charge in [-0.15, -0.1) is 0 Å². The summed E-state index contributed by atoms with van der Waals surface area (Å²) in [5.74, 6) is 0. The van der Waals surface area contributed by atoms with Gasteiger partial charge in [0.25, 0.3) is 0 Å². The minimum absolute atomic E-state index is 1.32. The van der Waals surface area contributed by atoms with E-state index in [-0.39, 0.29) is 0 Å². The molecule has 0 heterocycles. The van der Waals surface area contributed by atoms with Crippen LogP contribution in [-0.2, 0) is 0 Å². The SMILES string of the molecule is C/C=C\c1ccc(C)cc1C. The number of hydrogen-bond acceptors (Lipinski definition) is 0. The lowest BCUT2D eigenvalue weighted by atomic mass is 10.1. The molecule has 0 unspecified atom stereocenters. The third kappa shape index (κ3) is 1.94. The lowest BCUT2D eigenvalue weighted by Gasteiger charge is -2.00. The Balaban J connectivity index is 3.09. The molecule has 0 fully saturated rings. The standard InChI is InChI=1S/C11H14/c1-4-5-11-7-6-9(2)8-10(11)3/h4-8H,1-3H3/b5-4-. The third-order valence-corrected chi connectivity index (χ3v) is 1.77. The first kappa shape index (κ1) is 8.06. The predicted molar refractivity (Wildman–Crippen MR) is 50.6 cm³/mol. The Hall–Kier alpha value is -1.04. The average molecular weight is 146 g/mol. The zero-order valence-corrected chi connectivity index (χ0v) is 7.39. The van der Waals surface area contributed by atoms with Gasteiger partial charge in [-0.05, 0) is 31.9 Å². The zero-order valence-electron chi connectivity index (χ0n) is 7.39. The predicted octanol–water partition coefficient (Wildman–Crippen LogP) is 3.34. The molecule has 0 saturated heterocycles. The van der Waals surface area contributed by atoms with Gasteiger partial charge < -0.3 is 0 Å². The van der Waals surface area contributed by atoms with Gasteiger partial charge in [0.15, 0.2) is 0 Å². The van der Waals surface area contributed by atoms with E-state index < -0.39 is 0 Å². The lowest BCUT2D eigenvalue weighted by molar-refractivity contribution is 1.37. The fraction of sp³-hybridized carbons (Fsp3) is 0.273. The van der Waals surface area contributed by atoms with Crippen LogP contribution in [0.15, 0.2) is 24.3 Å². The van der Waals surface area contributed by atoms with Gasteiger partial charge in [0, 0.05) is 0 Å². The van der Waals surface area contributed by atoms with E-state index in [2.05, 4.69) is 44.2 Å². The van der Waals surface area contributed by atoms with Crippen molar-refractivity contribution in [2.24, 2.45) is 0 Å². The molecule has 0 aromatic heterocycles. The van der Waals surface area contributed by atoms with E-state index in [9.17, 15) is 0 Å². The van der Waals surface area contributed by atoms with E-state index in [1.54, 1.807) is 0 Å². The number of benzene rings is 1. The zero-order chi connectivity index (χ0) is 8.27. The highest BCUT2D eigenvalue weighted by Gasteiger charge is 1.91. The van der Waals surface area contributed by atoms with E-state index in [0.29, 0.717) is 0 Å². The Kier molecular flexibility index (Phi) is 2.48. The molecule has 0 spiro atoms. The minimum Gasteiger partial charge on any atom is -0.0871 e. The van der Waals surface area contributed by atoms with Gasteiger partial charge in [-0.2, -0.15) is 0 Å². The van der Waals surface area contributed by atoms with Crippen molar-refractivity contribution in [3.8, 4) is 0 Å². The van der Waals surface area contributed by atoms with Crippen LogP contribution in [0.1, 0.15) is 23.6 Å². The highest BCUT2D eigenvalue weighted by molar-refractivity contribution is 5.53. The molecule has 0 aliphatic carbocycles. The summed E-state index contributed by atoms with van der Waals surface area (Å²) in [5, 5.41) is 0. The summed E-state index contributed by atoms with van der Waals surface area (Å²) in [7, 11) is 0. The Bertz CT molecular complexity index is 269. The summed E-state index contributed by atoms with van der Waals surface area (Å²) in [6.07, 6.45) is 4.20.